The Morgan fingerprint density at radius 1 is 1.25 bits per heavy atom. The summed E-state index contributed by atoms with van der Waals surface area (Å²) >= 11 is 0. The summed E-state index contributed by atoms with van der Waals surface area (Å²) in [6, 6.07) is 6.85. The maximum absolute atomic E-state index is 12.0. The molecule has 7 heteroatoms. The minimum Gasteiger partial charge on any atom is -0.425 e. The Labute approximate surface area is 139 Å². The molecule has 126 valence electrons. The second-order valence-corrected chi connectivity index (χ2v) is 5.76. The molecule has 0 bridgehead atoms. The van der Waals surface area contributed by atoms with E-state index in [2.05, 4.69) is 10.1 Å². The van der Waals surface area contributed by atoms with Gasteiger partial charge in [0.2, 0.25) is 17.6 Å². The molecule has 0 N–H and O–H groups in total. The number of benzene rings is 1. The van der Waals surface area contributed by atoms with Gasteiger partial charge < -0.3 is 14.2 Å². The van der Waals surface area contributed by atoms with Crippen molar-refractivity contribution in [3.05, 3.63) is 30.2 Å². The third-order valence-electron chi connectivity index (χ3n) is 3.86. The molecule has 1 amide bonds. The van der Waals surface area contributed by atoms with E-state index in [0.717, 1.165) is 24.8 Å². The van der Waals surface area contributed by atoms with Gasteiger partial charge >= 0.3 is 5.97 Å². The third-order valence-corrected chi connectivity index (χ3v) is 3.86. The molecule has 2 aromatic rings. The van der Waals surface area contributed by atoms with Crippen LogP contribution in [0.1, 0.15) is 31.6 Å². The van der Waals surface area contributed by atoms with E-state index in [0.29, 0.717) is 30.4 Å². The van der Waals surface area contributed by atoms with Gasteiger partial charge in [0.05, 0.1) is 0 Å². The van der Waals surface area contributed by atoms with Gasteiger partial charge in [0.1, 0.15) is 12.3 Å². The molecule has 1 aliphatic rings. The Morgan fingerprint density at radius 3 is 2.75 bits per heavy atom. The van der Waals surface area contributed by atoms with Crippen LogP contribution in [0.15, 0.2) is 28.8 Å². The fourth-order valence-corrected chi connectivity index (χ4v) is 2.61. The smallest absolute Gasteiger partial charge is 0.331 e. The van der Waals surface area contributed by atoms with Gasteiger partial charge in [0.15, 0.2) is 0 Å². The zero-order valence-corrected chi connectivity index (χ0v) is 13.5. The molecule has 0 spiro atoms. The van der Waals surface area contributed by atoms with Crippen LogP contribution in [-0.4, -0.2) is 40.0 Å². The Hall–Kier alpha value is -2.70. The van der Waals surface area contributed by atoms with E-state index < -0.39 is 5.97 Å². The molecule has 1 fully saturated rings. The van der Waals surface area contributed by atoms with Crippen molar-refractivity contribution in [2.45, 2.75) is 32.6 Å². The fourth-order valence-electron chi connectivity index (χ4n) is 2.61. The summed E-state index contributed by atoms with van der Waals surface area (Å²) in [6.07, 6.45) is 3.35. The molecular weight excluding hydrogens is 310 g/mol. The number of rotatable bonds is 4. The number of hydrogen-bond acceptors (Lipinski definition) is 6. The summed E-state index contributed by atoms with van der Waals surface area (Å²) in [5, 5.41) is 3.83. The van der Waals surface area contributed by atoms with Crippen LogP contribution in [0.2, 0.25) is 0 Å². The van der Waals surface area contributed by atoms with Crippen LogP contribution in [0.4, 0.5) is 0 Å². The lowest BCUT2D eigenvalue weighted by molar-refractivity contribution is -0.142. The summed E-state index contributed by atoms with van der Waals surface area (Å²) in [4.78, 5) is 29.7. The highest BCUT2D eigenvalue weighted by atomic mass is 16.5. The molecule has 3 rings (SSSR count). The molecular formula is C17H19N3O4. The minimum atomic E-state index is -0.437. The summed E-state index contributed by atoms with van der Waals surface area (Å²) in [6.45, 7) is 2.32. The third kappa shape index (κ3) is 3.98. The molecule has 0 radical (unpaired) electrons. The number of likely N-dealkylation sites (tertiary alicyclic amines) is 1. The average molecular weight is 329 g/mol. The van der Waals surface area contributed by atoms with E-state index in [4.69, 9.17) is 9.26 Å². The van der Waals surface area contributed by atoms with Crippen molar-refractivity contribution in [3.8, 4) is 17.1 Å². The molecule has 1 saturated heterocycles. The molecule has 0 aliphatic carbocycles. The van der Waals surface area contributed by atoms with Gasteiger partial charge in [-0.2, -0.15) is 4.98 Å². The van der Waals surface area contributed by atoms with Gasteiger partial charge in [-0.3, -0.25) is 4.79 Å². The Balaban J connectivity index is 1.59. The summed E-state index contributed by atoms with van der Waals surface area (Å²) in [5.41, 5.74) is 0.773. The maximum Gasteiger partial charge on any atom is 0.331 e. The largest absolute Gasteiger partial charge is 0.425 e. The van der Waals surface area contributed by atoms with Gasteiger partial charge in [-0.1, -0.05) is 11.6 Å². The predicted molar refractivity (Wildman–Crippen MR) is 85.2 cm³/mol. The molecule has 7 nitrogen and oxygen atoms in total. The molecule has 2 heterocycles. The number of aromatic nitrogens is 2. The van der Waals surface area contributed by atoms with Crippen molar-refractivity contribution in [3.63, 3.8) is 0 Å². The highest BCUT2D eigenvalue weighted by Gasteiger charge is 2.20. The van der Waals surface area contributed by atoms with Crippen molar-refractivity contribution < 1.29 is 18.8 Å². The molecule has 24 heavy (non-hydrogen) atoms. The van der Waals surface area contributed by atoms with Crippen LogP contribution in [0.5, 0.6) is 5.75 Å². The Bertz CT molecular complexity index is 724. The Kier molecular flexibility index (Phi) is 4.88. The quantitative estimate of drug-likeness (QED) is 0.632. The molecule has 0 saturated carbocycles. The van der Waals surface area contributed by atoms with Crippen LogP contribution >= 0.6 is 0 Å². The summed E-state index contributed by atoms with van der Waals surface area (Å²) in [5.74, 6) is 0.982. The number of aryl methyl sites for hydroxylation is 1. The first-order valence-electron chi connectivity index (χ1n) is 8.01. The van der Waals surface area contributed by atoms with E-state index >= 15 is 0 Å². The van der Waals surface area contributed by atoms with Crippen molar-refractivity contribution in [2.75, 3.05) is 13.1 Å². The first-order valence-corrected chi connectivity index (χ1v) is 8.01. The number of ether oxygens (including phenoxy) is 1. The van der Waals surface area contributed by atoms with E-state index in [1.165, 1.54) is 0 Å². The number of amides is 1. The van der Waals surface area contributed by atoms with Crippen LogP contribution in [-0.2, 0) is 9.59 Å². The van der Waals surface area contributed by atoms with Gasteiger partial charge in [-0.25, -0.2) is 4.79 Å². The molecule has 0 unspecified atom stereocenters. The van der Waals surface area contributed by atoms with E-state index in [1.54, 1.807) is 36.1 Å². The monoisotopic (exact) mass is 329 g/mol. The Morgan fingerprint density at radius 2 is 2.04 bits per heavy atom. The zero-order chi connectivity index (χ0) is 16.9. The summed E-state index contributed by atoms with van der Waals surface area (Å²) < 4.78 is 10.2. The lowest BCUT2D eigenvalue weighted by Crippen LogP contribution is -2.36. The number of hydrogen-bond donors (Lipinski definition) is 0. The molecule has 1 aromatic heterocycles. The van der Waals surface area contributed by atoms with Gasteiger partial charge in [0, 0.05) is 25.5 Å². The topological polar surface area (TPSA) is 85.5 Å². The van der Waals surface area contributed by atoms with Crippen LogP contribution in [0.25, 0.3) is 11.4 Å². The first-order chi connectivity index (χ1) is 11.6. The van der Waals surface area contributed by atoms with Crippen LogP contribution in [0.3, 0.4) is 0 Å². The lowest BCUT2D eigenvalue weighted by atomic mass is 10.2. The highest BCUT2D eigenvalue weighted by molar-refractivity contribution is 5.83. The van der Waals surface area contributed by atoms with E-state index in [9.17, 15) is 9.59 Å². The summed E-state index contributed by atoms with van der Waals surface area (Å²) in [7, 11) is 0. The highest BCUT2D eigenvalue weighted by Crippen LogP contribution is 2.20. The van der Waals surface area contributed by atoms with Crippen LogP contribution in [0, 0.1) is 6.92 Å². The standard InChI is InChI=1S/C17H19N3O4/c1-12-18-17(19-24-12)13-6-8-14(9-7-13)23-16(22)11-20-10-4-2-3-5-15(20)21/h6-9H,2-5,10-11H2,1H3. The van der Waals surface area contributed by atoms with E-state index in [1.807, 2.05) is 0 Å². The van der Waals surface area contributed by atoms with Crippen LogP contribution < -0.4 is 4.74 Å². The molecule has 1 aliphatic heterocycles. The normalized spacial score (nSPS) is 15.2. The fraction of sp³-hybridized carbons (Fsp3) is 0.412. The van der Waals surface area contributed by atoms with Gasteiger partial charge in [-0.05, 0) is 37.1 Å². The second-order valence-electron chi connectivity index (χ2n) is 5.76. The minimum absolute atomic E-state index is 0.00930. The first kappa shape index (κ1) is 16.2. The van der Waals surface area contributed by atoms with Crippen molar-refractivity contribution in [2.24, 2.45) is 0 Å². The zero-order valence-electron chi connectivity index (χ0n) is 13.5. The number of carbonyl (C=O) groups excluding carboxylic acids is 2. The second kappa shape index (κ2) is 7.25. The lowest BCUT2D eigenvalue weighted by Gasteiger charge is -2.19. The SMILES string of the molecule is Cc1nc(-c2ccc(OC(=O)CN3CCCCCC3=O)cc2)no1. The average Bonchev–Trinajstić information content (AvgIpc) is 2.90. The van der Waals surface area contributed by atoms with Gasteiger partial charge in [0.25, 0.3) is 0 Å². The van der Waals surface area contributed by atoms with E-state index in [-0.39, 0.29) is 12.5 Å². The predicted octanol–water partition coefficient (Wildman–Crippen LogP) is 2.35. The number of nitrogens with zero attached hydrogens (tertiary/aromatic N) is 3. The molecule has 1 aromatic carbocycles. The number of esters is 1. The van der Waals surface area contributed by atoms with Crippen molar-refractivity contribution >= 4 is 11.9 Å². The maximum atomic E-state index is 12.0. The number of carbonyl (C=O) groups is 2. The van der Waals surface area contributed by atoms with Crippen molar-refractivity contribution in [1.29, 1.82) is 0 Å². The van der Waals surface area contributed by atoms with Gasteiger partial charge in [-0.15, -0.1) is 0 Å². The van der Waals surface area contributed by atoms with Crippen molar-refractivity contribution in [1.82, 2.24) is 15.0 Å². The molecule has 0 atom stereocenters.